The minimum Gasteiger partial charge on any atom is -0.396 e. The summed E-state index contributed by atoms with van der Waals surface area (Å²) in [5, 5.41) is 12.5. The van der Waals surface area contributed by atoms with Crippen LogP contribution in [0.25, 0.3) is 32.6 Å². The SMILES string of the molecule is Nc1c(S(=O)C2CCC2)sc2nc(-c3cnc(NCCO)nc3)cc(-c3ccc(C(F)(F)F)cc3)c12. The molecule has 5 rings (SSSR count). The van der Waals surface area contributed by atoms with Gasteiger partial charge in [0.2, 0.25) is 5.95 Å². The highest BCUT2D eigenvalue weighted by atomic mass is 32.2. The number of halogens is 3. The molecule has 36 heavy (non-hydrogen) atoms. The monoisotopic (exact) mass is 533 g/mol. The second kappa shape index (κ2) is 9.75. The topological polar surface area (TPSA) is 114 Å². The highest BCUT2D eigenvalue weighted by Crippen LogP contribution is 2.45. The minimum absolute atomic E-state index is 0.0571. The third kappa shape index (κ3) is 4.67. The van der Waals surface area contributed by atoms with Gasteiger partial charge < -0.3 is 16.2 Å². The number of thiophene rings is 1. The molecule has 1 aliphatic carbocycles. The number of benzene rings is 1. The first-order valence-electron chi connectivity index (χ1n) is 11.2. The van der Waals surface area contributed by atoms with Gasteiger partial charge in [-0.05, 0) is 42.2 Å². The average molecular weight is 534 g/mol. The summed E-state index contributed by atoms with van der Waals surface area (Å²) in [7, 11) is -1.27. The van der Waals surface area contributed by atoms with E-state index in [0.717, 1.165) is 31.4 Å². The second-order valence-electron chi connectivity index (χ2n) is 8.41. The van der Waals surface area contributed by atoms with Crippen LogP contribution >= 0.6 is 11.3 Å². The highest BCUT2D eigenvalue weighted by Gasteiger charge is 2.31. The number of anilines is 2. The summed E-state index contributed by atoms with van der Waals surface area (Å²) in [5.74, 6) is 0.343. The van der Waals surface area contributed by atoms with Crippen LogP contribution in [0.15, 0.2) is 46.9 Å². The number of aliphatic hydroxyl groups is 1. The van der Waals surface area contributed by atoms with Crippen molar-refractivity contribution >= 4 is 44.0 Å². The van der Waals surface area contributed by atoms with Gasteiger partial charge in [0.25, 0.3) is 0 Å². The van der Waals surface area contributed by atoms with Crippen LogP contribution in [-0.4, -0.2) is 42.7 Å². The lowest BCUT2D eigenvalue weighted by Crippen LogP contribution is -2.23. The van der Waals surface area contributed by atoms with Crippen molar-refractivity contribution in [2.45, 2.75) is 34.9 Å². The number of aromatic nitrogens is 3. The fourth-order valence-electron chi connectivity index (χ4n) is 3.92. The van der Waals surface area contributed by atoms with Crippen molar-refractivity contribution in [1.29, 1.82) is 0 Å². The molecule has 4 aromatic rings. The molecule has 1 unspecified atom stereocenters. The number of rotatable bonds is 7. The van der Waals surface area contributed by atoms with Crippen LogP contribution in [-0.2, 0) is 17.0 Å². The first-order chi connectivity index (χ1) is 17.3. The van der Waals surface area contributed by atoms with Gasteiger partial charge in [0.1, 0.15) is 9.04 Å². The van der Waals surface area contributed by atoms with E-state index in [1.165, 1.54) is 23.5 Å². The van der Waals surface area contributed by atoms with Crippen molar-refractivity contribution < 1.29 is 22.5 Å². The molecule has 4 N–H and O–H groups in total. The van der Waals surface area contributed by atoms with E-state index in [2.05, 4.69) is 15.3 Å². The molecular formula is C24H22F3N5O2S2. The van der Waals surface area contributed by atoms with Crippen LogP contribution in [0.1, 0.15) is 24.8 Å². The van der Waals surface area contributed by atoms with E-state index in [-0.39, 0.29) is 11.9 Å². The van der Waals surface area contributed by atoms with Gasteiger partial charge in [-0.25, -0.2) is 15.0 Å². The van der Waals surface area contributed by atoms with Crippen molar-refractivity contribution in [3.63, 3.8) is 0 Å². The Kier molecular flexibility index (Phi) is 6.66. The van der Waals surface area contributed by atoms with Crippen LogP contribution in [0.3, 0.4) is 0 Å². The Balaban J connectivity index is 1.64. The fraction of sp³-hybridized carbons (Fsp3) is 0.292. The molecule has 12 heteroatoms. The Morgan fingerprint density at radius 3 is 2.42 bits per heavy atom. The Bertz CT molecular complexity index is 1420. The van der Waals surface area contributed by atoms with Crippen molar-refractivity contribution in [3.8, 4) is 22.4 Å². The number of alkyl halides is 3. The molecule has 1 aromatic carbocycles. The van der Waals surface area contributed by atoms with Crippen LogP contribution in [0.2, 0.25) is 0 Å². The molecule has 1 aliphatic rings. The van der Waals surface area contributed by atoms with Gasteiger partial charge in [0.05, 0.1) is 34.4 Å². The molecule has 3 heterocycles. The Hall–Kier alpha value is -3.09. The molecular weight excluding hydrogens is 511 g/mol. The van der Waals surface area contributed by atoms with E-state index in [4.69, 9.17) is 15.8 Å². The van der Waals surface area contributed by atoms with Gasteiger partial charge in [-0.1, -0.05) is 18.6 Å². The molecule has 0 aliphatic heterocycles. The van der Waals surface area contributed by atoms with Crippen molar-refractivity contribution in [1.82, 2.24) is 15.0 Å². The molecule has 0 bridgehead atoms. The number of pyridine rings is 1. The van der Waals surface area contributed by atoms with Crippen LogP contribution in [0.4, 0.5) is 24.8 Å². The lowest BCUT2D eigenvalue weighted by molar-refractivity contribution is -0.137. The summed E-state index contributed by atoms with van der Waals surface area (Å²) in [6.45, 7) is 0.237. The number of hydrogen-bond acceptors (Lipinski definition) is 8. The Morgan fingerprint density at radius 1 is 1.14 bits per heavy atom. The number of fused-ring (bicyclic) bond motifs is 1. The quantitative estimate of drug-likeness (QED) is 0.303. The first kappa shape index (κ1) is 24.6. The van der Waals surface area contributed by atoms with Crippen molar-refractivity contribution in [2.75, 3.05) is 24.2 Å². The molecule has 188 valence electrons. The van der Waals surface area contributed by atoms with E-state index in [1.54, 1.807) is 18.5 Å². The van der Waals surface area contributed by atoms with E-state index < -0.39 is 22.5 Å². The van der Waals surface area contributed by atoms with Crippen molar-refractivity contribution in [2.24, 2.45) is 0 Å². The molecule has 0 amide bonds. The zero-order chi connectivity index (χ0) is 25.4. The zero-order valence-corrected chi connectivity index (χ0v) is 20.5. The summed E-state index contributed by atoms with van der Waals surface area (Å²) < 4.78 is 53.1. The molecule has 3 aromatic heterocycles. The van der Waals surface area contributed by atoms with Gasteiger partial charge in [0, 0.05) is 35.1 Å². The Labute approximate surface area is 211 Å². The van der Waals surface area contributed by atoms with Gasteiger partial charge in [-0.2, -0.15) is 13.2 Å². The minimum atomic E-state index is -4.45. The molecule has 0 saturated heterocycles. The summed E-state index contributed by atoms with van der Waals surface area (Å²) in [6, 6.07) is 6.60. The first-order valence-corrected chi connectivity index (χ1v) is 13.3. The second-order valence-corrected chi connectivity index (χ2v) is 11.3. The lowest BCUT2D eigenvalue weighted by atomic mass is 9.99. The van der Waals surface area contributed by atoms with Gasteiger partial charge in [0.15, 0.2) is 0 Å². The summed E-state index contributed by atoms with van der Waals surface area (Å²) in [5.41, 5.74) is 8.32. The Morgan fingerprint density at radius 2 is 1.83 bits per heavy atom. The molecule has 7 nitrogen and oxygen atoms in total. The van der Waals surface area contributed by atoms with Crippen LogP contribution < -0.4 is 11.1 Å². The van der Waals surface area contributed by atoms with Gasteiger partial charge in [-0.3, -0.25) is 4.21 Å². The third-order valence-electron chi connectivity index (χ3n) is 6.07. The van der Waals surface area contributed by atoms with Gasteiger partial charge in [-0.15, -0.1) is 11.3 Å². The maximum atomic E-state index is 13.1. The van der Waals surface area contributed by atoms with E-state index in [0.29, 0.717) is 55.0 Å². The smallest absolute Gasteiger partial charge is 0.396 e. The maximum absolute atomic E-state index is 13.1. The number of hydrogen-bond donors (Lipinski definition) is 3. The average Bonchev–Trinajstić information content (AvgIpc) is 3.17. The van der Waals surface area contributed by atoms with Gasteiger partial charge >= 0.3 is 6.18 Å². The third-order valence-corrected chi connectivity index (χ3v) is 9.37. The largest absolute Gasteiger partial charge is 0.416 e. The van der Waals surface area contributed by atoms with E-state index >= 15 is 0 Å². The molecule has 1 saturated carbocycles. The maximum Gasteiger partial charge on any atom is 0.416 e. The molecule has 0 spiro atoms. The molecule has 1 atom stereocenters. The number of nitrogens with one attached hydrogen (secondary N) is 1. The molecule has 0 radical (unpaired) electrons. The predicted molar refractivity (Wildman–Crippen MR) is 135 cm³/mol. The number of nitrogen functional groups attached to an aromatic ring is 1. The summed E-state index contributed by atoms with van der Waals surface area (Å²) >= 11 is 1.25. The van der Waals surface area contributed by atoms with Crippen molar-refractivity contribution in [3.05, 3.63) is 48.3 Å². The van der Waals surface area contributed by atoms with Crippen LogP contribution in [0.5, 0.6) is 0 Å². The summed E-state index contributed by atoms with van der Waals surface area (Å²) in [4.78, 5) is 13.8. The lowest BCUT2D eigenvalue weighted by Gasteiger charge is -2.23. The standard InChI is InChI=1S/C24H22F3N5O2S2/c25-24(26,27)15-6-4-13(5-7-15)17-10-18(14-11-30-23(31-12-14)29-8-9-33)32-21-19(17)20(28)22(35-21)36(34)16-2-1-3-16/h4-7,10-12,16,33H,1-3,8-9,28H2,(H,29,30,31). The summed E-state index contributed by atoms with van der Waals surface area (Å²) in [6.07, 6.45) is 1.47. The number of nitrogens with two attached hydrogens (primary N) is 1. The predicted octanol–water partition coefficient (Wildman–Crippen LogP) is 5.09. The van der Waals surface area contributed by atoms with Crippen LogP contribution in [0, 0.1) is 0 Å². The van der Waals surface area contributed by atoms with E-state index in [9.17, 15) is 17.4 Å². The normalized spacial score (nSPS) is 15.1. The zero-order valence-electron chi connectivity index (χ0n) is 18.9. The number of nitrogens with zero attached hydrogens (tertiary/aromatic N) is 3. The highest BCUT2D eigenvalue weighted by molar-refractivity contribution is 7.88. The molecule has 1 fully saturated rings. The van der Waals surface area contributed by atoms with E-state index in [1.807, 2.05) is 0 Å². The fourth-order valence-corrected chi connectivity index (χ4v) is 7.13. The number of aliphatic hydroxyl groups excluding tert-OH is 1.